The zero-order chi connectivity index (χ0) is 19.0. The number of aryl methyl sites for hydroxylation is 1. The molecule has 3 rings (SSSR count). The lowest BCUT2D eigenvalue weighted by molar-refractivity contribution is 0.171. The number of nitrogens with zero attached hydrogens (tertiary/aromatic N) is 3. The molecule has 2 aromatic rings. The molecule has 0 aliphatic carbocycles. The number of hydrogen-bond donors (Lipinski definition) is 1. The van der Waals surface area contributed by atoms with Gasteiger partial charge in [-0.1, -0.05) is 56.5 Å². The van der Waals surface area contributed by atoms with Crippen molar-refractivity contribution in [2.75, 3.05) is 23.7 Å². The Kier molecular flexibility index (Phi) is 7.08. The zero-order valence-corrected chi connectivity index (χ0v) is 16.7. The minimum Gasteiger partial charge on any atom is -0.384 e. The molecule has 1 aliphatic heterocycles. The minimum absolute atomic E-state index is 0.487. The fourth-order valence-electron chi connectivity index (χ4n) is 4.38. The van der Waals surface area contributed by atoms with Crippen molar-refractivity contribution in [3.8, 4) is 0 Å². The van der Waals surface area contributed by atoms with Gasteiger partial charge in [0.15, 0.2) is 0 Å². The summed E-state index contributed by atoms with van der Waals surface area (Å²) in [6, 6.07) is 12.7. The summed E-state index contributed by atoms with van der Waals surface area (Å²) in [4.78, 5) is 11.1. The van der Waals surface area contributed by atoms with Crippen molar-refractivity contribution in [2.45, 2.75) is 64.7 Å². The van der Waals surface area contributed by atoms with Crippen molar-refractivity contribution in [1.82, 2.24) is 9.97 Å². The molecule has 4 nitrogen and oxygen atoms in total. The van der Waals surface area contributed by atoms with E-state index in [1.165, 1.54) is 63.4 Å². The predicted octanol–water partition coefficient (Wildman–Crippen LogP) is 5.25. The summed E-state index contributed by atoms with van der Waals surface area (Å²) < 4.78 is 0. The van der Waals surface area contributed by atoms with Crippen LogP contribution in [-0.4, -0.2) is 23.1 Å². The van der Waals surface area contributed by atoms with Crippen LogP contribution in [0.15, 0.2) is 42.6 Å². The van der Waals surface area contributed by atoms with Crippen molar-refractivity contribution in [3.63, 3.8) is 0 Å². The molecule has 1 aromatic carbocycles. The first-order valence-electron chi connectivity index (χ1n) is 10.6. The average molecular weight is 367 g/mol. The number of rotatable bonds is 9. The number of benzene rings is 1. The van der Waals surface area contributed by atoms with Crippen LogP contribution in [-0.2, 0) is 6.42 Å². The van der Waals surface area contributed by atoms with Crippen LogP contribution >= 0.6 is 0 Å². The lowest BCUT2D eigenvalue weighted by Crippen LogP contribution is -2.41. The van der Waals surface area contributed by atoms with Crippen LogP contribution in [0.2, 0.25) is 0 Å². The van der Waals surface area contributed by atoms with Crippen LogP contribution in [0.4, 0.5) is 11.8 Å². The summed E-state index contributed by atoms with van der Waals surface area (Å²) in [5.74, 6) is 1.35. The van der Waals surface area contributed by atoms with E-state index in [-0.39, 0.29) is 0 Å². The number of anilines is 2. The molecule has 0 saturated carbocycles. The number of piperidine rings is 1. The van der Waals surface area contributed by atoms with Gasteiger partial charge in [-0.2, -0.15) is 4.98 Å². The van der Waals surface area contributed by atoms with Gasteiger partial charge in [0.2, 0.25) is 5.95 Å². The van der Waals surface area contributed by atoms with Gasteiger partial charge in [0.1, 0.15) is 5.82 Å². The van der Waals surface area contributed by atoms with Gasteiger partial charge < -0.3 is 10.6 Å². The molecule has 2 N–H and O–H groups in total. The van der Waals surface area contributed by atoms with Gasteiger partial charge in [-0.3, -0.25) is 0 Å². The van der Waals surface area contributed by atoms with Crippen molar-refractivity contribution >= 4 is 11.8 Å². The molecule has 0 spiro atoms. The molecule has 0 amide bonds. The molecule has 27 heavy (non-hydrogen) atoms. The molecule has 1 aliphatic rings. The monoisotopic (exact) mass is 366 g/mol. The maximum atomic E-state index is 5.84. The first-order valence-corrected chi connectivity index (χ1v) is 10.6. The van der Waals surface area contributed by atoms with E-state index in [0.717, 1.165) is 19.0 Å². The lowest BCUT2D eigenvalue weighted by Gasteiger charge is -2.42. The van der Waals surface area contributed by atoms with E-state index in [2.05, 4.69) is 52.1 Å². The molecule has 146 valence electrons. The first-order chi connectivity index (χ1) is 13.2. The Morgan fingerprint density at radius 2 is 1.74 bits per heavy atom. The average Bonchev–Trinajstić information content (AvgIpc) is 2.70. The molecule has 4 heteroatoms. The van der Waals surface area contributed by atoms with Crippen molar-refractivity contribution in [2.24, 2.45) is 5.41 Å². The molecule has 1 fully saturated rings. The highest BCUT2D eigenvalue weighted by Gasteiger charge is 2.34. The highest BCUT2D eigenvalue weighted by atomic mass is 15.3. The Hall–Kier alpha value is -2.10. The largest absolute Gasteiger partial charge is 0.384 e. The van der Waals surface area contributed by atoms with E-state index in [1.807, 2.05) is 0 Å². The van der Waals surface area contributed by atoms with E-state index in [0.29, 0.717) is 11.2 Å². The van der Waals surface area contributed by atoms with Gasteiger partial charge in [-0.25, -0.2) is 4.98 Å². The molecular weight excluding hydrogens is 332 g/mol. The smallest absolute Gasteiger partial charge is 0.227 e. The van der Waals surface area contributed by atoms with Gasteiger partial charge in [0.25, 0.3) is 0 Å². The summed E-state index contributed by atoms with van der Waals surface area (Å²) in [7, 11) is 0. The molecule has 0 bridgehead atoms. The van der Waals surface area contributed by atoms with E-state index in [1.54, 1.807) is 12.3 Å². The summed E-state index contributed by atoms with van der Waals surface area (Å²) in [6.07, 6.45) is 13.4. The van der Waals surface area contributed by atoms with Gasteiger partial charge in [0.05, 0.1) is 0 Å². The number of unbranched alkanes of at least 4 members (excludes halogenated alkanes) is 2. The third kappa shape index (κ3) is 5.69. The standard InChI is InChI=1S/C23H34N4/c1-2-3-7-13-23(14-8-11-20-9-5-4-6-10-20)15-18-27(19-16-23)22-25-17-12-21(24)26-22/h4-6,9-10,12,17H,2-3,7-8,11,13-16,18-19H2,1H3,(H2,24,25,26). The third-order valence-electron chi connectivity index (χ3n) is 6.10. The van der Waals surface area contributed by atoms with Gasteiger partial charge in [0, 0.05) is 19.3 Å². The van der Waals surface area contributed by atoms with E-state index in [9.17, 15) is 0 Å². The van der Waals surface area contributed by atoms with Gasteiger partial charge in [-0.15, -0.1) is 0 Å². The van der Waals surface area contributed by atoms with Crippen LogP contribution in [0.1, 0.15) is 63.9 Å². The second kappa shape index (κ2) is 9.72. The summed E-state index contributed by atoms with van der Waals surface area (Å²) in [5.41, 5.74) is 7.79. The number of aromatic nitrogens is 2. The summed E-state index contributed by atoms with van der Waals surface area (Å²) in [5, 5.41) is 0. The summed E-state index contributed by atoms with van der Waals surface area (Å²) in [6.45, 7) is 4.38. The fraction of sp³-hybridized carbons (Fsp3) is 0.565. The quantitative estimate of drug-likeness (QED) is 0.616. The lowest BCUT2D eigenvalue weighted by atomic mass is 9.71. The Bertz CT molecular complexity index is 678. The van der Waals surface area contributed by atoms with Crippen molar-refractivity contribution in [3.05, 3.63) is 48.2 Å². The Labute approximate surface area is 164 Å². The van der Waals surface area contributed by atoms with E-state index < -0.39 is 0 Å². The van der Waals surface area contributed by atoms with Gasteiger partial charge >= 0.3 is 0 Å². The Morgan fingerprint density at radius 3 is 2.44 bits per heavy atom. The number of nitrogens with two attached hydrogens (primary N) is 1. The van der Waals surface area contributed by atoms with Crippen LogP contribution in [0.3, 0.4) is 0 Å². The van der Waals surface area contributed by atoms with Crippen molar-refractivity contribution in [1.29, 1.82) is 0 Å². The number of hydrogen-bond acceptors (Lipinski definition) is 4. The molecule has 1 saturated heterocycles. The Morgan fingerprint density at radius 1 is 1.00 bits per heavy atom. The Balaban J connectivity index is 1.58. The van der Waals surface area contributed by atoms with Crippen LogP contribution in [0, 0.1) is 5.41 Å². The highest BCUT2D eigenvalue weighted by Crippen LogP contribution is 2.42. The molecule has 0 radical (unpaired) electrons. The SMILES string of the molecule is CCCCCC1(CCCc2ccccc2)CCN(c2nccc(N)n2)CC1. The molecule has 2 heterocycles. The predicted molar refractivity (Wildman–Crippen MR) is 114 cm³/mol. The second-order valence-electron chi connectivity index (χ2n) is 8.06. The summed E-state index contributed by atoms with van der Waals surface area (Å²) >= 11 is 0. The second-order valence-corrected chi connectivity index (χ2v) is 8.06. The molecule has 0 atom stereocenters. The molecule has 0 unspecified atom stereocenters. The normalized spacial score (nSPS) is 16.4. The van der Waals surface area contributed by atoms with E-state index in [4.69, 9.17) is 5.73 Å². The first kappa shape index (κ1) is 19.7. The van der Waals surface area contributed by atoms with Crippen LogP contribution in [0.25, 0.3) is 0 Å². The van der Waals surface area contributed by atoms with E-state index >= 15 is 0 Å². The van der Waals surface area contributed by atoms with Gasteiger partial charge in [-0.05, 0) is 55.6 Å². The third-order valence-corrected chi connectivity index (χ3v) is 6.10. The van der Waals surface area contributed by atoms with Crippen LogP contribution < -0.4 is 10.6 Å². The van der Waals surface area contributed by atoms with Crippen molar-refractivity contribution < 1.29 is 0 Å². The fourth-order valence-corrected chi connectivity index (χ4v) is 4.38. The number of nitrogen functional groups attached to an aromatic ring is 1. The molecular formula is C23H34N4. The molecule has 1 aromatic heterocycles. The maximum absolute atomic E-state index is 5.84. The maximum Gasteiger partial charge on any atom is 0.227 e. The van der Waals surface area contributed by atoms with Crippen LogP contribution in [0.5, 0.6) is 0 Å². The topological polar surface area (TPSA) is 55.0 Å². The minimum atomic E-state index is 0.487. The highest BCUT2D eigenvalue weighted by molar-refractivity contribution is 5.38. The zero-order valence-electron chi connectivity index (χ0n) is 16.7.